The lowest BCUT2D eigenvalue weighted by molar-refractivity contribution is -0.127. The SMILES string of the molecule is O=C(/C=C/c1ccc2c(c1)OCO2)N1CCC(Cc2ccccc2)CC1. The van der Waals surface area contributed by atoms with Gasteiger partial charge in [0, 0.05) is 19.2 Å². The number of rotatable bonds is 4. The Morgan fingerprint density at radius 1 is 1.04 bits per heavy atom. The van der Waals surface area contributed by atoms with E-state index in [9.17, 15) is 4.79 Å². The number of amides is 1. The molecular weight excluding hydrogens is 326 g/mol. The zero-order valence-corrected chi connectivity index (χ0v) is 14.8. The highest BCUT2D eigenvalue weighted by Crippen LogP contribution is 2.32. The van der Waals surface area contributed by atoms with Gasteiger partial charge in [-0.05, 0) is 54.5 Å². The molecule has 0 saturated carbocycles. The Morgan fingerprint density at radius 2 is 1.81 bits per heavy atom. The third-order valence-electron chi connectivity index (χ3n) is 5.11. The highest BCUT2D eigenvalue weighted by atomic mass is 16.7. The Balaban J connectivity index is 1.29. The summed E-state index contributed by atoms with van der Waals surface area (Å²) in [5, 5.41) is 0. The number of ether oxygens (including phenoxy) is 2. The first-order valence-electron chi connectivity index (χ1n) is 9.18. The largest absolute Gasteiger partial charge is 0.454 e. The molecule has 26 heavy (non-hydrogen) atoms. The van der Waals surface area contributed by atoms with Crippen LogP contribution in [0.15, 0.2) is 54.6 Å². The molecule has 0 aliphatic carbocycles. The van der Waals surface area contributed by atoms with E-state index >= 15 is 0 Å². The highest BCUT2D eigenvalue weighted by molar-refractivity contribution is 5.91. The average molecular weight is 349 g/mol. The molecule has 0 unspecified atom stereocenters. The first-order chi connectivity index (χ1) is 12.8. The van der Waals surface area contributed by atoms with Gasteiger partial charge in [0.25, 0.3) is 0 Å². The molecule has 2 heterocycles. The number of nitrogens with zero attached hydrogens (tertiary/aromatic N) is 1. The van der Waals surface area contributed by atoms with Gasteiger partial charge >= 0.3 is 0 Å². The summed E-state index contributed by atoms with van der Waals surface area (Å²) in [6, 6.07) is 16.3. The zero-order chi connectivity index (χ0) is 17.8. The van der Waals surface area contributed by atoms with Crippen LogP contribution in [0, 0.1) is 5.92 Å². The minimum atomic E-state index is 0.0841. The van der Waals surface area contributed by atoms with Crippen LogP contribution in [0.1, 0.15) is 24.0 Å². The van der Waals surface area contributed by atoms with E-state index in [0.717, 1.165) is 49.4 Å². The number of piperidine rings is 1. The molecule has 0 aromatic heterocycles. The number of fused-ring (bicyclic) bond motifs is 1. The number of carbonyl (C=O) groups excluding carboxylic acids is 1. The van der Waals surface area contributed by atoms with Gasteiger partial charge in [0.05, 0.1) is 0 Å². The number of carbonyl (C=O) groups is 1. The van der Waals surface area contributed by atoms with Crippen LogP contribution in [0.2, 0.25) is 0 Å². The van der Waals surface area contributed by atoms with Crippen molar-refractivity contribution < 1.29 is 14.3 Å². The van der Waals surface area contributed by atoms with Gasteiger partial charge in [-0.2, -0.15) is 0 Å². The summed E-state index contributed by atoms with van der Waals surface area (Å²) in [6.07, 6.45) is 6.75. The number of benzene rings is 2. The normalized spacial score (nSPS) is 17.0. The lowest BCUT2D eigenvalue weighted by atomic mass is 9.90. The molecule has 0 radical (unpaired) electrons. The first-order valence-corrected chi connectivity index (χ1v) is 9.18. The molecule has 0 bridgehead atoms. The third-order valence-corrected chi connectivity index (χ3v) is 5.11. The second-order valence-corrected chi connectivity index (χ2v) is 6.90. The standard InChI is InChI=1S/C22H23NO3/c24-22(9-7-18-6-8-20-21(15-18)26-16-25-20)23-12-10-19(11-13-23)14-17-4-2-1-3-5-17/h1-9,15,19H,10-14,16H2/b9-7+. The summed E-state index contributed by atoms with van der Waals surface area (Å²) in [6.45, 7) is 1.93. The molecule has 2 aliphatic heterocycles. The van der Waals surface area contributed by atoms with Gasteiger partial charge in [0.15, 0.2) is 11.5 Å². The molecule has 4 rings (SSSR count). The molecule has 0 spiro atoms. The van der Waals surface area contributed by atoms with E-state index in [1.807, 2.05) is 29.2 Å². The summed E-state index contributed by atoms with van der Waals surface area (Å²) >= 11 is 0. The van der Waals surface area contributed by atoms with Crippen molar-refractivity contribution in [3.05, 3.63) is 65.7 Å². The second kappa shape index (κ2) is 7.65. The van der Waals surface area contributed by atoms with Crippen LogP contribution in [0.3, 0.4) is 0 Å². The summed E-state index contributed by atoms with van der Waals surface area (Å²) < 4.78 is 10.7. The van der Waals surface area contributed by atoms with Crippen molar-refractivity contribution in [2.45, 2.75) is 19.3 Å². The highest BCUT2D eigenvalue weighted by Gasteiger charge is 2.21. The Morgan fingerprint density at radius 3 is 2.62 bits per heavy atom. The summed E-state index contributed by atoms with van der Waals surface area (Å²) in [5.74, 6) is 2.25. The molecule has 0 atom stereocenters. The molecule has 2 aromatic carbocycles. The molecule has 2 aromatic rings. The van der Waals surface area contributed by atoms with Crippen LogP contribution in [-0.4, -0.2) is 30.7 Å². The van der Waals surface area contributed by atoms with E-state index in [0.29, 0.717) is 5.92 Å². The van der Waals surface area contributed by atoms with Crippen LogP contribution in [0.4, 0.5) is 0 Å². The lowest BCUT2D eigenvalue weighted by Gasteiger charge is -2.31. The van der Waals surface area contributed by atoms with E-state index in [1.54, 1.807) is 6.08 Å². The Labute approximate surface area is 154 Å². The zero-order valence-electron chi connectivity index (χ0n) is 14.8. The van der Waals surface area contributed by atoms with Crippen molar-refractivity contribution in [2.75, 3.05) is 19.9 Å². The Bertz CT molecular complexity index is 792. The van der Waals surface area contributed by atoms with Gasteiger partial charge in [-0.25, -0.2) is 0 Å². The first kappa shape index (κ1) is 16.7. The number of hydrogen-bond acceptors (Lipinski definition) is 3. The predicted octanol–water partition coefficient (Wildman–Crippen LogP) is 3.91. The van der Waals surface area contributed by atoms with Gasteiger partial charge in [-0.1, -0.05) is 36.4 Å². The van der Waals surface area contributed by atoms with E-state index in [1.165, 1.54) is 5.56 Å². The van der Waals surface area contributed by atoms with E-state index < -0.39 is 0 Å². The van der Waals surface area contributed by atoms with Gasteiger partial charge in [-0.3, -0.25) is 4.79 Å². The van der Waals surface area contributed by atoms with Crippen molar-refractivity contribution in [1.82, 2.24) is 4.90 Å². The van der Waals surface area contributed by atoms with Crippen molar-refractivity contribution in [2.24, 2.45) is 5.92 Å². The van der Waals surface area contributed by atoms with E-state index in [2.05, 4.69) is 30.3 Å². The van der Waals surface area contributed by atoms with Crippen LogP contribution in [-0.2, 0) is 11.2 Å². The molecular formula is C22H23NO3. The average Bonchev–Trinajstić information content (AvgIpc) is 3.15. The third kappa shape index (κ3) is 3.90. The molecule has 4 nitrogen and oxygen atoms in total. The molecule has 1 fully saturated rings. The fourth-order valence-corrected chi connectivity index (χ4v) is 3.59. The topological polar surface area (TPSA) is 38.8 Å². The number of hydrogen-bond donors (Lipinski definition) is 0. The maximum atomic E-state index is 12.5. The molecule has 134 valence electrons. The van der Waals surface area contributed by atoms with Gasteiger partial charge in [-0.15, -0.1) is 0 Å². The smallest absolute Gasteiger partial charge is 0.246 e. The molecule has 0 N–H and O–H groups in total. The van der Waals surface area contributed by atoms with Crippen molar-refractivity contribution in [3.63, 3.8) is 0 Å². The van der Waals surface area contributed by atoms with Crippen LogP contribution in [0.25, 0.3) is 6.08 Å². The molecule has 1 amide bonds. The maximum Gasteiger partial charge on any atom is 0.246 e. The summed E-state index contributed by atoms with van der Waals surface area (Å²) in [4.78, 5) is 14.4. The lowest BCUT2D eigenvalue weighted by Crippen LogP contribution is -2.37. The van der Waals surface area contributed by atoms with E-state index in [4.69, 9.17) is 9.47 Å². The fraction of sp³-hybridized carbons (Fsp3) is 0.318. The van der Waals surface area contributed by atoms with Crippen LogP contribution < -0.4 is 9.47 Å². The molecule has 4 heteroatoms. The van der Waals surface area contributed by atoms with Crippen molar-refractivity contribution >= 4 is 12.0 Å². The minimum absolute atomic E-state index is 0.0841. The van der Waals surface area contributed by atoms with Crippen LogP contribution in [0.5, 0.6) is 11.5 Å². The van der Waals surface area contributed by atoms with Crippen molar-refractivity contribution in [3.8, 4) is 11.5 Å². The van der Waals surface area contributed by atoms with Gasteiger partial charge in [0.2, 0.25) is 12.7 Å². The van der Waals surface area contributed by atoms with Crippen LogP contribution >= 0.6 is 0 Å². The monoisotopic (exact) mass is 349 g/mol. The minimum Gasteiger partial charge on any atom is -0.454 e. The Hall–Kier alpha value is -2.75. The Kier molecular flexibility index (Phi) is 4.91. The molecule has 1 saturated heterocycles. The maximum absolute atomic E-state index is 12.5. The van der Waals surface area contributed by atoms with E-state index in [-0.39, 0.29) is 12.7 Å². The predicted molar refractivity (Wildman–Crippen MR) is 101 cm³/mol. The summed E-state index contributed by atoms with van der Waals surface area (Å²) in [7, 11) is 0. The molecule has 2 aliphatic rings. The van der Waals surface area contributed by atoms with Gasteiger partial charge < -0.3 is 14.4 Å². The number of likely N-dealkylation sites (tertiary alicyclic amines) is 1. The fourth-order valence-electron chi connectivity index (χ4n) is 3.59. The summed E-state index contributed by atoms with van der Waals surface area (Å²) in [5.41, 5.74) is 2.33. The van der Waals surface area contributed by atoms with Crippen molar-refractivity contribution in [1.29, 1.82) is 0 Å². The second-order valence-electron chi connectivity index (χ2n) is 6.90. The van der Waals surface area contributed by atoms with Gasteiger partial charge in [0.1, 0.15) is 0 Å². The quantitative estimate of drug-likeness (QED) is 0.786.